The minimum absolute atomic E-state index is 0.115. The summed E-state index contributed by atoms with van der Waals surface area (Å²) in [7, 11) is 2.65. The van der Waals surface area contributed by atoms with Crippen LogP contribution < -0.4 is 18.9 Å². The van der Waals surface area contributed by atoms with Gasteiger partial charge in [0.1, 0.15) is 22.2 Å². The van der Waals surface area contributed by atoms with E-state index >= 15 is 0 Å². The van der Waals surface area contributed by atoms with Crippen molar-refractivity contribution in [2.45, 2.75) is 38.1 Å². The number of aldehydes is 1. The van der Waals surface area contributed by atoms with Crippen molar-refractivity contribution < 1.29 is 27.5 Å². The van der Waals surface area contributed by atoms with Crippen LogP contribution in [0.3, 0.4) is 0 Å². The van der Waals surface area contributed by atoms with E-state index in [0.717, 1.165) is 41.9 Å². The number of aromatic nitrogens is 1. The highest BCUT2D eigenvalue weighted by molar-refractivity contribution is 7.87. The van der Waals surface area contributed by atoms with E-state index in [2.05, 4.69) is 26.6 Å². The third kappa shape index (κ3) is 9.12. The molecule has 3 aromatic rings. The smallest absolute Gasteiger partial charge is 0.276 e. The Morgan fingerprint density at radius 3 is 2.20 bits per heavy atom. The Kier molecular flexibility index (Phi) is 11.6. The van der Waals surface area contributed by atoms with Crippen LogP contribution in [0.2, 0.25) is 0 Å². The van der Waals surface area contributed by atoms with Gasteiger partial charge in [-0.2, -0.15) is 8.42 Å². The monoisotopic (exact) mass is 588 g/mol. The Morgan fingerprint density at radius 1 is 1.07 bits per heavy atom. The highest BCUT2D eigenvalue weighted by Gasteiger charge is 2.30. The van der Waals surface area contributed by atoms with Crippen LogP contribution in [0.25, 0.3) is 0 Å². The topological polar surface area (TPSA) is 127 Å². The summed E-state index contributed by atoms with van der Waals surface area (Å²) in [6.45, 7) is 0.938. The molecule has 1 heterocycles. The first-order chi connectivity index (χ1) is 19.2. The number of hydrogen-bond donors (Lipinski definition) is 2. The molecule has 1 aliphatic rings. The van der Waals surface area contributed by atoms with Crippen LogP contribution in [0, 0.1) is 0 Å². The van der Waals surface area contributed by atoms with Gasteiger partial charge in [0.25, 0.3) is 16.1 Å². The van der Waals surface area contributed by atoms with Gasteiger partial charge in [-0.1, -0.05) is 30.3 Å². The zero-order valence-electron chi connectivity index (χ0n) is 23.2. The molecule has 0 radical (unpaired) electrons. The lowest BCUT2D eigenvalue weighted by atomic mass is 10.1. The molecule has 2 N–H and O–H groups in total. The molecule has 0 saturated heterocycles. The summed E-state index contributed by atoms with van der Waals surface area (Å²) < 4.78 is 35.1. The van der Waals surface area contributed by atoms with E-state index in [1.54, 1.807) is 48.7 Å². The van der Waals surface area contributed by atoms with Crippen molar-refractivity contribution in [2.24, 2.45) is 0 Å². The summed E-state index contributed by atoms with van der Waals surface area (Å²) in [5, 5.41) is 0.793. The van der Waals surface area contributed by atoms with Gasteiger partial charge in [-0.15, -0.1) is 11.3 Å². The molecule has 216 valence electrons. The lowest BCUT2D eigenvalue weighted by molar-refractivity contribution is 0.0740. The fourth-order valence-electron chi connectivity index (χ4n) is 3.93. The summed E-state index contributed by atoms with van der Waals surface area (Å²) in [4.78, 5) is 32.5. The molecule has 0 unspecified atom stereocenters. The molecule has 1 fully saturated rings. The normalized spacial score (nSPS) is 12.7. The number of methoxy groups -OCH3 is 2. The standard InChI is InChI=1S/C26H28N2O4S.C2H8N2O2S/c1-31-21-13-20(14-22(15-21)32-2)26(30)28(12-6-9-18-7-4-3-5-8-18)16-24-27-23(17-29)25(33-24)19-10-11-19;1-3-7(5,6)4-2/h3-5,7-8,13-15,17,19H,6,9-12,16H2,1-2H3;3-4H,1-2H3. The average molecular weight is 589 g/mol. The maximum Gasteiger partial charge on any atom is 0.276 e. The van der Waals surface area contributed by atoms with Crippen LogP contribution in [-0.2, 0) is 23.2 Å². The Bertz CT molecular complexity index is 1340. The third-order valence-corrected chi connectivity index (χ3v) is 8.56. The second kappa shape index (κ2) is 14.9. The number of thiazole rings is 1. The first-order valence-corrected chi connectivity index (χ1v) is 15.2. The zero-order valence-corrected chi connectivity index (χ0v) is 24.8. The van der Waals surface area contributed by atoms with Gasteiger partial charge in [0.05, 0.1) is 20.8 Å². The van der Waals surface area contributed by atoms with Crippen LogP contribution in [0.5, 0.6) is 11.5 Å². The quantitative estimate of drug-likeness (QED) is 0.291. The van der Waals surface area contributed by atoms with Crippen LogP contribution >= 0.6 is 11.3 Å². The lowest BCUT2D eigenvalue weighted by Crippen LogP contribution is -2.32. The van der Waals surface area contributed by atoms with Crippen LogP contribution in [0.15, 0.2) is 48.5 Å². The molecule has 1 aromatic heterocycles. The van der Waals surface area contributed by atoms with Crippen LogP contribution in [0.1, 0.15) is 61.5 Å². The van der Waals surface area contributed by atoms with Crippen LogP contribution in [-0.4, -0.2) is 65.4 Å². The summed E-state index contributed by atoms with van der Waals surface area (Å²) in [6.07, 6.45) is 4.73. The molecule has 0 spiro atoms. The highest BCUT2D eigenvalue weighted by Crippen LogP contribution is 2.44. The van der Waals surface area contributed by atoms with Gasteiger partial charge >= 0.3 is 0 Å². The molecule has 1 aliphatic carbocycles. The van der Waals surface area contributed by atoms with Crippen molar-refractivity contribution in [3.05, 3.63) is 75.2 Å². The molecule has 0 aliphatic heterocycles. The molecular weight excluding hydrogens is 552 g/mol. The maximum atomic E-state index is 13.6. The number of amides is 1. The molecule has 10 nitrogen and oxygen atoms in total. The molecule has 2 aromatic carbocycles. The maximum absolute atomic E-state index is 13.6. The van der Waals surface area contributed by atoms with Crippen molar-refractivity contribution in [2.75, 3.05) is 34.9 Å². The summed E-state index contributed by atoms with van der Waals surface area (Å²) in [5.74, 6) is 1.46. The van der Waals surface area contributed by atoms with E-state index in [1.807, 2.05) is 18.2 Å². The predicted octanol–water partition coefficient (Wildman–Crippen LogP) is 3.80. The molecule has 40 heavy (non-hydrogen) atoms. The molecule has 1 saturated carbocycles. The number of benzene rings is 2. The number of ether oxygens (including phenoxy) is 2. The number of aryl methyl sites for hydroxylation is 1. The van der Waals surface area contributed by atoms with Gasteiger partial charge in [0.2, 0.25) is 0 Å². The van der Waals surface area contributed by atoms with Gasteiger partial charge in [0, 0.05) is 37.1 Å². The third-order valence-electron chi connectivity index (χ3n) is 6.27. The van der Waals surface area contributed by atoms with Crippen molar-refractivity contribution in [3.8, 4) is 11.5 Å². The van der Waals surface area contributed by atoms with Gasteiger partial charge in [-0.25, -0.2) is 14.4 Å². The number of carbonyl (C=O) groups excluding carboxylic acids is 2. The fourth-order valence-corrected chi connectivity index (χ4v) is 5.35. The predicted molar refractivity (Wildman–Crippen MR) is 156 cm³/mol. The summed E-state index contributed by atoms with van der Waals surface area (Å²) in [5.41, 5.74) is 2.26. The zero-order chi connectivity index (χ0) is 29.1. The molecular formula is C28H36N4O6S2. The van der Waals surface area contributed by atoms with E-state index in [4.69, 9.17) is 9.47 Å². The van der Waals surface area contributed by atoms with Gasteiger partial charge in [-0.3, -0.25) is 9.59 Å². The lowest BCUT2D eigenvalue weighted by Gasteiger charge is -2.22. The second-order valence-electron chi connectivity index (χ2n) is 9.08. The van der Waals surface area contributed by atoms with Gasteiger partial charge in [0.15, 0.2) is 6.29 Å². The van der Waals surface area contributed by atoms with Crippen molar-refractivity contribution in [1.29, 1.82) is 0 Å². The van der Waals surface area contributed by atoms with Gasteiger partial charge < -0.3 is 14.4 Å². The largest absolute Gasteiger partial charge is 0.497 e. The fraction of sp³-hybridized carbons (Fsp3) is 0.393. The molecule has 4 rings (SSSR count). The van der Waals surface area contributed by atoms with E-state index < -0.39 is 10.2 Å². The Hall–Kier alpha value is -3.32. The molecule has 0 atom stereocenters. The van der Waals surface area contributed by atoms with Gasteiger partial charge in [-0.05, 0) is 49.3 Å². The summed E-state index contributed by atoms with van der Waals surface area (Å²) >= 11 is 1.56. The molecule has 0 bridgehead atoms. The van der Waals surface area contributed by atoms with E-state index in [1.165, 1.54) is 19.7 Å². The number of nitrogens with one attached hydrogen (secondary N) is 2. The first-order valence-electron chi connectivity index (χ1n) is 12.9. The van der Waals surface area contributed by atoms with Crippen molar-refractivity contribution in [1.82, 2.24) is 19.3 Å². The van der Waals surface area contributed by atoms with Crippen molar-refractivity contribution in [3.63, 3.8) is 0 Å². The number of rotatable bonds is 13. The minimum Gasteiger partial charge on any atom is -0.497 e. The number of hydrogen-bond acceptors (Lipinski definition) is 8. The minimum atomic E-state index is -3.16. The molecule has 12 heteroatoms. The Morgan fingerprint density at radius 2 is 1.70 bits per heavy atom. The Balaban J connectivity index is 0.000000559. The summed E-state index contributed by atoms with van der Waals surface area (Å²) in [6, 6.07) is 15.4. The van der Waals surface area contributed by atoms with Crippen LogP contribution in [0.4, 0.5) is 0 Å². The molecule has 1 amide bonds. The number of nitrogens with zero attached hydrogens (tertiary/aromatic N) is 2. The number of carbonyl (C=O) groups is 2. The average Bonchev–Trinajstić information content (AvgIpc) is 3.76. The Labute approximate surface area is 239 Å². The van der Waals surface area contributed by atoms with E-state index in [-0.39, 0.29) is 5.91 Å². The van der Waals surface area contributed by atoms with Crippen molar-refractivity contribution >= 4 is 33.7 Å². The van der Waals surface area contributed by atoms with E-state index in [0.29, 0.717) is 41.8 Å². The SMILES string of the molecule is CNS(=O)(=O)NC.COc1cc(OC)cc(C(=O)N(CCCc2ccccc2)Cc2nc(C=O)c(C3CC3)s2)c1. The van der Waals surface area contributed by atoms with E-state index in [9.17, 15) is 18.0 Å². The first kappa shape index (κ1) is 31.2. The second-order valence-corrected chi connectivity index (χ2v) is 12.0. The highest BCUT2D eigenvalue weighted by atomic mass is 32.2.